The minimum atomic E-state index is -0.280. The van der Waals surface area contributed by atoms with Gasteiger partial charge in [0.05, 0.1) is 0 Å². The van der Waals surface area contributed by atoms with Crippen molar-refractivity contribution in [2.24, 2.45) is 5.90 Å². The third-order valence-corrected chi connectivity index (χ3v) is 1.28. The predicted molar refractivity (Wildman–Crippen MR) is 49.3 cm³/mol. The highest BCUT2D eigenvalue weighted by Crippen LogP contribution is 2.10. The molecule has 0 fully saturated rings. The van der Waals surface area contributed by atoms with E-state index in [0.717, 1.165) is 0 Å². The molecule has 0 bridgehead atoms. The normalized spacial score (nSPS) is 9.08. The highest BCUT2D eigenvalue weighted by atomic mass is 35.5. The van der Waals surface area contributed by atoms with Crippen LogP contribution >= 0.6 is 12.4 Å². The average molecular weight is 208 g/mol. The number of benzene rings is 1. The summed E-state index contributed by atoms with van der Waals surface area (Å²) in [5.74, 6) is 5.10. The summed E-state index contributed by atoms with van der Waals surface area (Å²) < 4.78 is 17.5. The second-order valence-electron chi connectivity index (χ2n) is 2.17. The molecule has 0 aliphatic carbocycles. The molecular weight excluding hydrogens is 197 g/mol. The van der Waals surface area contributed by atoms with Gasteiger partial charge in [-0.3, -0.25) is 0 Å². The molecule has 5 heteroatoms. The van der Waals surface area contributed by atoms with E-state index < -0.39 is 0 Å². The van der Waals surface area contributed by atoms with Crippen LogP contribution in [0.4, 0.5) is 4.39 Å². The Morgan fingerprint density at radius 1 is 1.15 bits per heavy atom. The molecule has 3 nitrogen and oxygen atoms in total. The second kappa shape index (κ2) is 6.65. The van der Waals surface area contributed by atoms with E-state index in [1.54, 1.807) is 12.1 Å². The molecule has 13 heavy (non-hydrogen) atoms. The first-order chi connectivity index (χ1) is 5.83. The van der Waals surface area contributed by atoms with Crippen LogP contribution in [0, 0.1) is 5.82 Å². The monoisotopic (exact) mass is 207 g/mol. The summed E-state index contributed by atoms with van der Waals surface area (Å²) in [5.41, 5.74) is 0. The molecule has 0 atom stereocenters. The van der Waals surface area contributed by atoms with Crippen molar-refractivity contribution in [1.29, 1.82) is 0 Å². The van der Waals surface area contributed by atoms with E-state index in [1.165, 1.54) is 12.1 Å². The van der Waals surface area contributed by atoms with E-state index in [2.05, 4.69) is 4.84 Å². The Kier molecular flexibility index (Phi) is 6.22. The zero-order valence-electron chi connectivity index (χ0n) is 6.90. The number of hydrogen-bond acceptors (Lipinski definition) is 3. The maximum absolute atomic E-state index is 12.4. The van der Waals surface area contributed by atoms with Crippen molar-refractivity contribution in [2.45, 2.75) is 0 Å². The molecule has 0 unspecified atom stereocenters. The topological polar surface area (TPSA) is 44.5 Å². The maximum atomic E-state index is 12.4. The van der Waals surface area contributed by atoms with E-state index in [4.69, 9.17) is 10.6 Å². The molecule has 74 valence electrons. The van der Waals surface area contributed by atoms with Crippen LogP contribution in [0.5, 0.6) is 5.75 Å². The minimum Gasteiger partial charge on any atom is -0.491 e. The number of nitrogens with two attached hydrogens (primary N) is 1. The minimum absolute atomic E-state index is 0. The summed E-state index contributed by atoms with van der Waals surface area (Å²) in [6.07, 6.45) is 0. The van der Waals surface area contributed by atoms with Crippen LogP contribution < -0.4 is 10.6 Å². The van der Waals surface area contributed by atoms with Gasteiger partial charge in [-0.1, -0.05) is 0 Å². The molecule has 1 aromatic rings. The van der Waals surface area contributed by atoms with E-state index in [0.29, 0.717) is 19.0 Å². The fraction of sp³-hybridized carbons (Fsp3) is 0.250. The van der Waals surface area contributed by atoms with Crippen molar-refractivity contribution in [1.82, 2.24) is 0 Å². The van der Waals surface area contributed by atoms with Gasteiger partial charge in [-0.15, -0.1) is 12.4 Å². The number of hydrogen-bond donors (Lipinski definition) is 1. The van der Waals surface area contributed by atoms with Crippen LogP contribution in [0.2, 0.25) is 0 Å². The first-order valence-corrected chi connectivity index (χ1v) is 3.53. The zero-order chi connectivity index (χ0) is 8.81. The van der Waals surface area contributed by atoms with Gasteiger partial charge in [-0.25, -0.2) is 10.3 Å². The summed E-state index contributed by atoms with van der Waals surface area (Å²) in [7, 11) is 0. The predicted octanol–water partition coefficient (Wildman–Crippen LogP) is 1.52. The number of rotatable bonds is 4. The molecule has 0 heterocycles. The third-order valence-electron chi connectivity index (χ3n) is 1.28. The highest BCUT2D eigenvalue weighted by molar-refractivity contribution is 5.85. The first-order valence-electron chi connectivity index (χ1n) is 3.53. The Labute approximate surface area is 82.0 Å². The lowest BCUT2D eigenvalue weighted by Crippen LogP contribution is -2.09. The number of halogens is 2. The van der Waals surface area contributed by atoms with E-state index in [1.807, 2.05) is 0 Å². The van der Waals surface area contributed by atoms with Gasteiger partial charge in [-0.2, -0.15) is 0 Å². The Morgan fingerprint density at radius 2 is 1.77 bits per heavy atom. The Morgan fingerprint density at radius 3 is 2.31 bits per heavy atom. The molecule has 0 radical (unpaired) electrons. The molecule has 0 saturated carbocycles. The smallest absolute Gasteiger partial charge is 0.123 e. The van der Waals surface area contributed by atoms with Crippen LogP contribution in [-0.2, 0) is 4.84 Å². The average Bonchev–Trinajstić information content (AvgIpc) is 2.09. The van der Waals surface area contributed by atoms with E-state index in [9.17, 15) is 4.39 Å². The Balaban J connectivity index is 0.00000144. The van der Waals surface area contributed by atoms with Gasteiger partial charge in [0, 0.05) is 0 Å². The quantitative estimate of drug-likeness (QED) is 0.602. The molecular formula is C8H11ClFNO2. The van der Waals surface area contributed by atoms with Gasteiger partial charge in [0.1, 0.15) is 24.8 Å². The molecule has 1 aromatic carbocycles. The van der Waals surface area contributed by atoms with Crippen molar-refractivity contribution in [2.75, 3.05) is 13.2 Å². The zero-order valence-corrected chi connectivity index (χ0v) is 7.72. The molecule has 2 N–H and O–H groups in total. The fourth-order valence-corrected chi connectivity index (χ4v) is 0.738. The summed E-state index contributed by atoms with van der Waals surface area (Å²) in [6, 6.07) is 5.76. The van der Waals surface area contributed by atoms with Crippen LogP contribution in [-0.4, -0.2) is 13.2 Å². The lowest BCUT2D eigenvalue weighted by molar-refractivity contribution is 0.102. The highest BCUT2D eigenvalue weighted by Gasteiger charge is 1.93. The largest absolute Gasteiger partial charge is 0.491 e. The molecule has 0 amide bonds. The SMILES string of the molecule is Cl.NOCCOc1ccc(F)cc1. The van der Waals surface area contributed by atoms with Gasteiger partial charge in [0.15, 0.2) is 0 Å². The van der Waals surface area contributed by atoms with Crippen molar-refractivity contribution in [3.8, 4) is 5.75 Å². The van der Waals surface area contributed by atoms with Gasteiger partial charge >= 0.3 is 0 Å². The van der Waals surface area contributed by atoms with Crippen molar-refractivity contribution in [3.63, 3.8) is 0 Å². The summed E-state index contributed by atoms with van der Waals surface area (Å²) in [4.78, 5) is 4.29. The second-order valence-corrected chi connectivity index (χ2v) is 2.17. The molecule has 0 aliphatic rings. The summed E-state index contributed by atoms with van der Waals surface area (Å²) >= 11 is 0. The van der Waals surface area contributed by atoms with Gasteiger partial charge in [0.2, 0.25) is 0 Å². The summed E-state index contributed by atoms with van der Waals surface area (Å²) in [6.45, 7) is 0.680. The number of ether oxygens (including phenoxy) is 1. The molecule has 0 spiro atoms. The standard InChI is InChI=1S/C8H10FNO2.ClH/c9-7-1-3-8(4-2-7)11-5-6-12-10;/h1-4H,5-6,10H2;1H. The summed E-state index contributed by atoms with van der Waals surface area (Å²) in [5, 5.41) is 0. The molecule has 0 aliphatic heterocycles. The molecule has 0 aromatic heterocycles. The van der Waals surface area contributed by atoms with Crippen LogP contribution in [0.1, 0.15) is 0 Å². The van der Waals surface area contributed by atoms with Crippen LogP contribution in [0.15, 0.2) is 24.3 Å². The lowest BCUT2D eigenvalue weighted by atomic mass is 10.3. The third kappa shape index (κ3) is 4.67. The van der Waals surface area contributed by atoms with Gasteiger partial charge < -0.3 is 9.57 Å². The maximum Gasteiger partial charge on any atom is 0.123 e. The van der Waals surface area contributed by atoms with Crippen molar-refractivity contribution < 1.29 is 14.0 Å². The van der Waals surface area contributed by atoms with Crippen LogP contribution in [0.25, 0.3) is 0 Å². The first kappa shape index (κ1) is 12.2. The lowest BCUT2D eigenvalue weighted by Gasteiger charge is -2.03. The van der Waals surface area contributed by atoms with Crippen LogP contribution in [0.3, 0.4) is 0 Å². The Hall–Kier alpha value is -0.840. The van der Waals surface area contributed by atoms with Gasteiger partial charge in [-0.05, 0) is 24.3 Å². The molecule has 0 saturated heterocycles. The van der Waals surface area contributed by atoms with E-state index >= 15 is 0 Å². The van der Waals surface area contributed by atoms with Crippen molar-refractivity contribution in [3.05, 3.63) is 30.1 Å². The van der Waals surface area contributed by atoms with Gasteiger partial charge in [0.25, 0.3) is 0 Å². The van der Waals surface area contributed by atoms with Crippen molar-refractivity contribution >= 4 is 12.4 Å². The molecule has 1 rings (SSSR count). The van der Waals surface area contributed by atoms with E-state index in [-0.39, 0.29) is 18.2 Å². The fourth-order valence-electron chi connectivity index (χ4n) is 0.738. The Bertz CT molecular complexity index is 230.